The molecule has 4 nitrogen and oxygen atoms in total. The smallest absolute Gasteiger partial charge is 0.164 e. The van der Waals surface area contributed by atoms with Crippen LogP contribution in [0.15, 0.2) is 156 Å². The molecular weight excluding hydrogens is 550 g/mol. The van der Waals surface area contributed by atoms with Gasteiger partial charge >= 0.3 is 0 Å². The minimum absolute atomic E-state index is 0.613. The first kappa shape index (κ1) is 25.4. The van der Waals surface area contributed by atoms with E-state index in [-0.39, 0.29) is 0 Å². The molecule has 0 N–H and O–H groups in total. The molecule has 9 aromatic rings. The second-order valence-corrected chi connectivity index (χ2v) is 11.3. The number of rotatable bonds is 4. The number of para-hydroxylation sites is 1. The maximum Gasteiger partial charge on any atom is 0.164 e. The summed E-state index contributed by atoms with van der Waals surface area (Å²) in [6.45, 7) is 0. The van der Waals surface area contributed by atoms with Crippen LogP contribution in [0.2, 0.25) is 0 Å². The minimum atomic E-state index is 0.613. The van der Waals surface area contributed by atoms with Crippen molar-refractivity contribution in [3.8, 4) is 45.3 Å². The van der Waals surface area contributed by atoms with Gasteiger partial charge in [0.05, 0.1) is 0 Å². The van der Waals surface area contributed by atoms with Gasteiger partial charge in [-0.05, 0) is 57.4 Å². The molecule has 2 aromatic heterocycles. The molecule has 0 aliphatic rings. The largest absolute Gasteiger partial charge is 0.456 e. The summed E-state index contributed by atoms with van der Waals surface area (Å²) in [5, 5.41) is 6.79. The van der Waals surface area contributed by atoms with Crippen molar-refractivity contribution in [3.05, 3.63) is 152 Å². The third-order valence-electron chi connectivity index (χ3n) is 8.50. The predicted molar refractivity (Wildman–Crippen MR) is 184 cm³/mol. The van der Waals surface area contributed by atoms with E-state index in [2.05, 4.69) is 103 Å². The highest BCUT2D eigenvalue weighted by molar-refractivity contribution is 6.16. The molecule has 0 atom stereocenters. The molecular formula is C41H25N3O. The van der Waals surface area contributed by atoms with E-state index < -0.39 is 0 Å². The van der Waals surface area contributed by atoms with E-state index in [0.717, 1.165) is 55.1 Å². The molecule has 0 aliphatic carbocycles. The molecule has 210 valence electrons. The Bertz CT molecular complexity index is 2550. The minimum Gasteiger partial charge on any atom is -0.456 e. The van der Waals surface area contributed by atoms with Crippen molar-refractivity contribution >= 4 is 43.5 Å². The Hall–Kier alpha value is -6.13. The normalized spacial score (nSPS) is 11.6. The van der Waals surface area contributed by atoms with Gasteiger partial charge in [0.25, 0.3) is 0 Å². The average Bonchev–Trinajstić information content (AvgIpc) is 3.50. The molecule has 0 saturated carbocycles. The van der Waals surface area contributed by atoms with Gasteiger partial charge in [0.1, 0.15) is 11.2 Å². The second-order valence-electron chi connectivity index (χ2n) is 11.3. The van der Waals surface area contributed by atoms with Gasteiger partial charge in [-0.2, -0.15) is 0 Å². The van der Waals surface area contributed by atoms with E-state index in [1.807, 2.05) is 48.5 Å². The average molecular weight is 576 g/mol. The van der Waals surface area contributed by atoms with E-state index in [1.54, 1.807) is 0 Å². The number of hydrogen-bond acceptors (Lipinski definition) is 4. The number of fused-ring (bicyclic) bond motifs is 5. The summed E-state index contributed by atoms with van der Waals surface area (Å²) < 4.78 is 6.37. The topological polar surface area (TPSA) is 51.8 Å². The second kappa shape index (κ2) is 10.2. The maximum absolute atomic E-state index is 6.37. The van der Waals surface area contributed by atoms with E-state index >= 15 is 0 Å². The lowest BCUT2D eigenvalue weighted by Gasteiger charge is -2.14. The van der Waals surface area contributed by atoms with Crippen molar-refractivity contribution in [3.63, 3.8) is 0 Å². The molecule has 7 aromatic carbocycles. The monoisotopic (exact) mass is 575 g/mol. The summed E-state index contributed by atoms with van der Waals surface area (Å²) >= 11 is 0. The molecule has 0 spiro atoms. The van der Waals surface area contributed by atoms with Crippen LogP contribution in [0.4, 0.5) is 0 Å². The maximum atomic E-state index is 6.37. The van der Waals surface area contributed by atoms with Crippen molar-refractivity contribution in [2.45, 2.75) is 0 Å². The molecule has 9 rings (SSSR count). The Balaban J connectivity index is 1.36. The lowest BCUT2D eigenvalue weighted by molar-refractivity contribution is 0.669. The fourth-order valence-electron chi connectivity index (χ4n) is 6.32. The fraction of sp³-hybridized carbons (Fsp3) is 0. The summed E-state index contributed by atoms with van der Waals surface area (Å²) in [6, 6.07) is 52.2. The van der Waals surface area contributed by atoms with Crippen LogP contribution in [-0.4, -0.2) is 15.0 Å². The van der Waals surface area contributed by atoms with E-state index in [1.165, 1.54) is 16.2 Å². The van der Waals surface area contributed by atoms with Crippen molar-refractivity contribution in [1.82, 2.24) is 15.0 Å². The summed E-state index contributed by atoms with van der Waals surface area (Å²) in [4.78, 5) is 15.3. The van der Waals surface area contributed by atoms with Crippen LogP contribution in [0, 0.1) is 0 Å². The Labute approximate surface area is 259 Å². The Morgan fingerprint density at radius 2 is 0.956 bits per heavy atom. The number of aromatic nitrogens is 3. The summed E-state index contributed by atoms with van der Waals surface area (Å²) in [5.74, 6) is 1.87. The highest BCUT2D eigenvalue weighted by Crippen LogP contribution is 2.43. The quantitative estimate of drug-likeness (QED) is 0.209. The van der Waals surface area contributed by atoms with Gasteiger partial charge < -0.3 is 4.42 Å². The molecule has 0 fully saturated rings. The Kier molecular flexibility index (Phi) is 5.78. The number of nitrogens with zero attached hydrogens (tertiary/aromatic N) is 3. The van der Waals surface area contributed by atoms with Gasteiger partial charge in [-0.1, -0.05) is 121 Å². The van der Waals surface area contributed by atoms with Gasteiger partial charge in [0.2, 0.25) is 0 Å². The van der Waals surface area contributed by atoms with E-state index in [4.69, 9.17) is 19.4 Å². The fourth-order valence-corrected chi connectivity index (χ4v) is 6.32. The molecule has 0 amide bonds. The zero-order valence-corrected chi connectivity index (χ0v) is 24.2. The van der Waals surface area contributed by atoms with Crippen LogP contribution in [0.1, 0.15) is 0 Å². The van der Waals surface area contributed by atoms with Crippen LogP contribution >= 0.6 is 0 Å². The molecule has 4 heteroatoms. The summed E-state index contributed by atoms with van der Waals surface area (Å²) in [6.07, 6.45) is 0. The van der Waals surface area contributed by atoms with E-state index in [0.29, 0.717) is 17.5 Å². The molecule has 2 heterocycles. The summed E-state index contributed by atoms with van der Waals surface area (Å²) in [7, 11) is 0. The van der Waals surface area contributed by atoms with Crippen LogP contribution < -0.4 is 0 Å². The first-order chi connectivity index (χ1) is 22.3. The Morgan fingerprint density at radius 1 is 0.378 bits per heavy atom. The van der Waals surface area contributed by atoms with Crippen LogP contribution in [-0.2, 0) is 0 Å². The van der Waals surface area contributed by atoms with Gasteiger partial charge in [-0.3, -0.25) is 0 Å². The third kappa shape index (κ3) is 4.35. The lowest BCUT2D eigenvalue weighted by atomic mass is 9.92. The predicted octanol–water partition coefficient (Wildman–Crippen LogP) is 10.7. The molecule has 0 radical (unpaired) electrons. The van der Waals surface area contributed by atoms with Crippen LogP contribution in [0.5, 0.6) is 0 Å². The van der Waals surface area contributed by atoms with Crippen molar-refractivity contribution < 1.29 is 4.42 Å². The summed E-state index contributed by atoms with van der Waals surface area (Å²) in [5.41, 5.74) is 6.60. The number of hydrogen-bond donors (Lipinski definition) is 0. The first-order valence-electron chi connectivity index (χ1n) is 15.0. The lowest BCUT2D eigenvalue weighted by Crippen LogP contribution is -2.01. The first-order valence-corrected chi connectivity index (χ1v) is 15.0. The number of benzene rings is 7. The molecule has 0 bridgehead atoms. The van der Waals surface area contributed by atoms with Gasteiger partial charge in [-0.15, -0.1) is 0 Å². The Morgan fingerprint density at radius 3 is 1.71 bits per heavy atom. The van der Waals surface area contributed by atoms with Crippen LogP contribution in [0.25, 0.3) is 88.8 Å². The number of furan rings is 1. The molecule has 0 aliphatic heterocycles. The standard InChI is InChI=1S/C41H25N3O/c1-2-12-28(13-3-1)39-42-40(32-21-19-27-11-5-7-15-30(27)25-32)44-41(43-39)34-22-23-36-38(33-16-8-9-17-35(33)45-36)37(34)31-20-18-26-10-4-6-14-29(26)24-31/h1-25H. The molecule has 0 unspecified atom stereocenters. The van der Waals surface area contributed by atoms with Gasteiger partial charge in [0, 0.05) is 33.0 Å². The van der Waals surface area contributed by atoms with Crippen molar-refractivity contribution in [2.24, 2.45) is 0 Å². The SMILES string of the molecule is c1ccc(-c2nc(-c3ccc4ccccc4c3)nc(-c3ccc4oc5ccccc5c4c3-c3ccc4ccccc4c3)n2)cc1. The zero-order chi connectivity index (χ0) is 29.7. The van der Waals surface area contributed by atoms with Gasteiger partial charge in [-0.25, -0.2) is 15.0 Å². The highest BCUT2D eigenvalue weighted by Gasteiger charge is 2.21. The molecule has 0 saturated heterocycles. The van der Waals surface area contributed by atoms with Crippen molar-refractivity contribution in [2.75, 3.05) is 0 Å². The zero-order valence-electron chi connectivity index (χ0n) is 24.2. The van der Waals surface area contributed by atoms with Gasteiger partial charge in [0.15, 0.2) is 17.5 Å². The molecule has 45 heavy (non-hydrogen) atoms. The van der Waals surface area contributed by atoms with Crippen molar-refractivity contribution in [1.29, 1.82) is 0 Å². The van der Waals surface area contributed by atoms with E-state index in [9.17, 15) is 0 Å². The van der Waals surface area contributed by atoms with Crippen LogP contribution in [0.3, 0.4) is 0 Å². The highest BCUT2D eigenvalue weighted by atomic mass is 16.3. The third-order valence-corrected chi connectivity index (χ3v) is 8.50.